The zero-order chi connectivity index (χ0) is 17.2. The van der Waals surface area contributed by atoms with Gasteiger partial charge in [0.05, 0.1) is 20.3 Å². The van der Waals surface area contributed by atoms with Crippen LogP contribution in [0.2, 0.25) is 0 Å². The SMILES string of the molecule is COc1ccc2c(c1)CCCN2C(=O)c1ccc2c(c1)OCCCO2. The van der Waals surface area contributed by atoms with Gasteiger partial charge in [0.15, 0.2) is 11.5 Å². The van der Waals surface area contributed by atoms with Crippen LogP contribution < -0.4 is 19.1 Å². The maximum Gasteiger partial charge on any atom is 0.258 e. The van der Waals surface area contributed by atoms with Crippen LogP contribution in [0.1, 0.15) is 28.8 Å². The number of ether oxygens (including phenoxy) is 3. The highest BCUT2D eigenvalue weighted by Gasteiger charge is 2.25. The lowest BCUT2D eigenvalue weighted by Crippen LogP contribution is -2.35. The number of anilines is 1. The summed E-state index contributed by atoms with van der Waals surface area (Å²) in [5.74, 6) is 2.17. The summed E-state index contributed by atoms with van der Waals surface area (Å²) in [6.45, 7) is 1.96. The van der Waals surface area contributed by atoms with E-state index in [1.165, 1.54) is 0 Å². The van der Waals surface area contributed by atoms with Crippen LogP contribution in [-0.2, 0) is 6.42 Å². The molecule has 25 heavy (non-hydrogen) atoms. The minimum absolute atomic E-state index is 0.0123. The van der Waals surface area contributed by atoms with Crippen LogP contribution >= 0.6 is 0 Å². The van der Waals surface area contributed by atoms with Crippen molar-refractivity contribution >= 4 is 11.6 Å². The summed E-state index contributed by atoms with van der Waals surface area (Å²) in [5.41, 5.74) is 2.73. The molecule has 1 amide bonds. The summed E-state index contributed by atoms with van der Waals surface area (Å²) in [6, 6.07) is 11.3. The molecule has 2 aliphatic heterocycles. The van der Waals surface area contributed by atoms with E-state index in [0.29, 0.717) is 36.8 Å². The average molecular weight is 339 g/mol. The number of benzene rings is 2. The maximum atomic E-state index is 13.1. The minimum atomic E-state index is -0.0123. The number of amides is 1. The molecule has 0 unspecified atom stereocenters. The van der Waals surface area contributed by atoms with Crippen molar-refractivity contribution in [1.82, 2.24) is 0 Å². The Morgan fingerprint density at radius 3 is 2.72 bits per heavy atom. The standard InChI is InChI=1S/C20H21NO4/c1-23-16-6-7-17-14(12-16)4-2-9-21(17)20(22)15-5-8-18-19(13-15)25-11-3-10-24-18/h5-8,12-13H,2-4,9-11H2,1H3. The molecule has 0 bridgehead atoms. The number of fused-ring (bicyclic) bond motifs is 2. The van der Waals surface area contributed by atoms with Gasteiger partial charge in [0.1, 0.15) is 5.75 Å². The number of methoxy groups -OCH3 is 1. The summed E-state index contributed by atoms with van der Waals surface area (Å²) >= 11 is 0. The lowest BCUT2D eigenvalue weighted by atomic mass is 10.00. The van der Waals surface area contributed by atoms with Crippen molar-refractivity contribution in [1.29, 1.82) is 0 Å². The van der Waals surface area contributed by atoms with E-state index < -0.39 is 0 Å². The van der Waals surface area contributed by atoms with Crippen LogP contribution in [-0.4, -0.2) is 32.8 Å². The normalized spacial score (nSPS) is 16.0. The van der Waals surface area contributed by atoms with E-state index >= 15 is 0 Å². The van der Waals surface area contributed by atoms with Gasteiger partial charge >= 0.3 is 0 Å². The Morgan fingerprint density at radius 2 is 1.88 bits per heavy atom. The third-order valence-electron chi connectivity index (χ3n) is 4.64. The first-order valence-electron chi connectivity index (χ1n) is 8.65. The number of aryl methyl sites for hydroxylation is 1. The monoisotopic (exact) mass is 339 g/mol. The van der Waals surface area contributed by atoms with E-state index in [9.17, 15) is 4.79 Å². The maximum absolute atomic E-state index is 13.1. The summed E-state index contributed by atoms with van der Waals surface area (Å²) in [4.78, 5) is 14.9. The van der Waals surface area contributed by atoms with Gasteiger partial charge in [-0.3, -0.25) is 4.79 Å². The van der Waals surface area contributed by atoms with E-state index in [4.69, 9.17) is 14.2 Å². The molecule has 5 heteroatoms. The van der Waals surface area contributed by atoms with E-state index in [1.54, 1.807) is 13.2 Å². The van der Waals surface area contributed by atoms with Crippen LogP contribution in [0.25, 0.3) is 0 Å². The number of rotatable bonds is 2. The van der Waals surface area contributed by atoms with Crippen LogP contribution in [0.15, 0.2) is 36.4 Å². The van der Waals surface area contributed by atoms with Crippen molar-refractivity contribution in [3.63, 3.8) is 0 Å². The Balaban J connectivity index is 1.65. The molecule has 0 atom stereocenters. The first-order valence-corrected chi connectivity index (χ1v) is 8.65. The quantitative estimate of drug-likeness (QED) is 0.841. The molecule has 2 aromatic rings. The highest BCUT2D eigenvalue weighted by atomic mass is 16.5. The molecule has 0 aliphatic carbocycles. The Morgan fingerprint density at radius 1 is 1.04 bits per heavy atom. The molecule has 0 saturated heterocycles. The van der Waals surface area contributed by atoms with E-state index in [0.717, 1.165) is 36.3 Å². The smallest absolute Gasteiger partial charge is 0.258 e. The molecule has 4 rings (SSSR count). The van der Waals surface area contributed by atoms with Crippen molar-refractivity contribution in [3.05, 3.63) is 47.5 Å². The summed E-state index contributed by atoms with van der Waals surface area (Å²) < 4.78 is 16.7. The first kappa shape index (κ1) is 15.8. The van der Waals surface area contributed by atoms with Gasteiger partial charge in [0.25, 0.3) is 5.91 Å². The molecule has 130 valence electrons. The number of hydrogen-bond donors (Lipinski definition) is 0. The molecule has 2 aromatic carbocycles. The third-order valence-corrected chi connectivity index (χ3v) is 4.64. The lowest BCUT2D eigenvalue weighted by Gasteiger charge is -2.30. The largest absolute Gasteiger partial charge is 0.497 e. The second-order valence-electron chi connectivity index (χ2n) is 6.27. The zero-order valence-corrected chi connectivity index (χ0v) is 14.3. The highest BCUT2D eigenvalue weighted by molar-refractivity contribution is 6.07. The highest BCUT2D eigenvalue weighted by Crippen LogP contribution is 2.34. The van der Waals surface area contributed by atoms with E-state index in [2.05, 4.69) is 0 Å². The molecule has 2 aliphatic rings. The van der Waals surface area contributed by atoms with E-state index in [-0.39, 0.29) is 5.91 Å². The van der Waals surface area contributed by atoms with Gasteiger partial charge < -0.3 is 19.1 Å². The van der Waals surface area contributed by atoms with Crippen LogP contribution in [0.5, 0.6) is 17.2 Å². The van der Waals surface area contributed by atoms with Crippen LogP contribution in [0.3, 0.4) is 0 Å². The molecular weight excluding hydrogens is 318 g/mol. The summed E-state index contributed by atoms with van der Waals surface area (Å²) in [6.07, 6.45) is 2.74. The lowest BCUT2D eigenvalue weighted by molar-refractivity contribution is 0.0984. The van der Waals surface area contributed by atoms with Gasteiger partial charge in [-0.1, -0.05) is 0 Å². The number of hydrogen-bond acceptors (Lipinski definition) is 4. The van der Waals surface area contributed by atoms with Gasteiger partial charge in [-0.15, -0.1) is 0 Å². The van der Waals surface area contributed by atoms with Gasteiger partial charge in [-0.2, -0.15) is 0 Å². The van der Waals surface area contributed by atoms with Crippen molar-refractivity contribution in [3.8, 4) is 17.2 Å². The predicted molar refractivity (Wildman–Crippen MR) is 95.0 cm³/mol. The van der Waals surface area contributed by atoms with Gasteiger partial charge in [0, 0.05) is 24.2 Å². The summed E-state index contributed by atoms with van der Waals surface area (Å²) in [7, 11) is 1.66. The molecule has 0 radical (unpaired) electrons. The van der Waals surface area contributed by atoms with Gasteiger partial charge in [0.2, 0.25) is 0 Å². The third kappa shape index (κ3) is 3.02. The van der Waals surface area contributed by atoms with Crippen molar-refractivity contribution < 1.29 is 19.0 Å². The Hall–Kier alpha value is -2.69. The topological polar surface area (TPSA) is 48.0 Å². The Labute approximate surface area is 147 Å². The van der Waals surface area contributed by atoms with E-state index in [1.807, 2.05) is 35.2 Å². The van der Waals surface area contributed by atoms with Gasteiger partial charge in [-0.05, 0) is 54.8 Å². The molecule has 2 heterocycles. The average Bonchev–Trinajstić information content (AvgIpc) is 2.91. The molecule has 0 spiro atoms. The van der Waals surface area contributed by atoms with Crippen molar-refractivity contribution in [2.75, 3.05) is 31.8 Å². The molecule has 0 N–H and O–H groups in total. The van der Waals surface area contributed by atoms with Crippen molar-refractivity contribution in [2.45, 2.75) is 19.3 Å². The minimum Gasteiger partial charge on any atom is -0.497 e. The molecular formula is C20H21NO4. The number of carbonyl (C=O) groups is 1. The van der Waals surface area contributed by atoms with Crippen LogP contribution in [0.4, 0.5) is 5.69 Å². The first-order chi connectivity index (χ1) is 12.3. The number of nitrogens with zero attached hydrogens (tertiary/aromatic N) is 1. The number of carbonyl (C=O) groups excluding carboxylic acids is 1. The Kier molecular flexibility index (Phi) is 4.22. The summed E-state index contributed by atoms with van der Waals surface area (Å²) in [5, 5.41) is 0. The zero-order valence-electron chi connectivity index (χ0n) is 14.3. The molecule has 0 aromatic heterocycles. The second-order valence-corrected chi connectivity index (χ2v) is 6.27. The molecule has 0 saturated carbocycles. The van der Waals surface area contributed by atoms with Crippen LogP contribution in [0, 0.1) is 0 Å². The predicted octanol–water partition coefficient (Wildman–Crippen LogP) is 3.45. The molecule has 0 fully saturated rings. The second kappa shape index (κ2) is 6.67. The van der Waals surface area contributed by atoms with Gasteiger partial charge in [-0.25, -0.2) is 0 Å². The fourth-order valence-electron chi connectivity index (χ4n) is 3.36. The Bertz CT molecular complexity index is 802. The molecule has 5 nitrogen and oxygen atoms in total. The fourth-order valence-corrected chi connectivity index (χ4v) is 3.36. The fraction of sp³-hybridized carbons (Fsp3) is 0.350. The van der Waals surface area contributed by atoms with Crippen molar-refractivity contribution in [2.24, 2.45) is 0 Å².